The molecule has 130 valence electrons. The second-order valence-electron chi connectivity index (χ2n) is 7.18. The fourth-order valence-corrected chi connectivity index (χ4v) is 3.65. The Morgan fingerprint density at radius 3 is 2.61 bits per heavy atom. The number of hydrogen-bond donors (Lipinski definition) is 3. The van der Waals surface area contributed by atoms with Gasteiger partial charge in [-0.3, -0.25) is 0 Å². The van der Waals surface area contributed by atoms with Crippen molar-refractivity contribution in [3.05, 3.63) is 16.3 Å². The Kier molecular flexibility index (Phi) is 6.30. The molecule has 5 nitrogen and oxygen atoms in total. The van der Waals surface area contributed by atoms with E-state index < -0.39 is 5.60 Å². The van der Waals surface area contributed by atoms with Gasteiger partial charge in [0, 0.05) is 29.2 Å². The van der Waals surface area contributed by atoms with Gasteiger partial charge in [0.05, 0.1) is 0 Å². The minimum Gasteiger partial charge on any atom is -0.444 e. The predicted molar refractivity (Wildman–Crippen MR) is 95.6 cm³/mol. The monoisotopic (exact) mass is 339 g/mol. The molecule has 1 aromatic rings. The van der Waals surface area contributed by atoms with Crippen LogP contribution in [0.1, 0.15) is 57.8 Å². The van der Waals surface area contributed by atoms with Gasteiger partial charge in [0.25, 0.3) is 0 Å². The molecule has 1 fully saturated rings. The van der Waals surface area contributed by atoms with E-state index in [1.54, 1.807) is 11.3 Å². The van der Waals surface area contributed by atoms with Crippen molar-refractivity contribution in [1.82, 2.24) is 10.6 Å². The molecule has 1 aliphatic rings. The summed E-state index contributed by atoms with van der Waals surface area (Å²) in [4.78, 5) is 13.3. The van der Waals surface area contributed by atoms with E-state index in [9.17, 15) is 4.79 Å². The normalized spacial score (nSPS) is 22.4. The largest absolute Gasteiger partial charge is 0.444 e. The molecule has 0 aliphatic heterocycles. The molecule has 0 spiro atoms. The number of anilines is 1. The Bertz CT molecular complexity index is 510. The molecular formula is C17H29N3O2S. The van der Waals surface area contributed by atoms with Gasteiger partial charge < -0.3 is 21.1 Å². The number of thiophene rings is 1. The lowest BCUT2D eigenvalue weighted by molar-refractivity contribution is 0.0489. The van der Waals surface area contributed by atoms with Gasteiger partial charge in [-0.1, -0.05) is 19.3 Å². The molecule has 2 unspecified atom stereocenters. The summed E-state index contributed by atoms with van der Waals surface area (Å²) in [6.07, 6.45) is 5.25. The summed E-state index contributed by atoms with van der Waals surface area (Å²) >= 11 is 1.67. The highest BCUT2D eigenvalue weighted by Crippen LogP contribution is 2.22. The van der Waals surface area contributed by atoms with Crippen molar-refractivity contribution in [2.24, 2.45) is 0 Å². The van der Waals surface area contributed by atoms with Gasteiger partial charge in [0.1, 0.15) is 5.60 Å². The Labute approximate surface area is 143 Å². The van der Waals surface area contributed by atoms with Gasteiger partial charge >= 0.3 is 6.09 Å². The third-order valence-corrected chi connectivity index (χ3v) is 4.96. The zero-order valence-corrected chi connectivity index (χ0v) is 15.2. The number of carbonyl (C=O) groups is 1. The van der Waals surface area contributed by atoms with Crippen LogP contribution in [-0.4, -0.2) is 23.8 Å². The zero-order valence-electron chi connectivity index (χ0n) is 14.4. The van der Waals surface area contributed by atoms with Crippen LogP contribution in [0, 0.1) is 0 Å². The number of nitrogens with two attached hydrogens (primary N) is 1. The lowest BCUT2D eigenvalue weighted by Crippen LogP contribution is -2.50. The highest BCUT2D eigenvalue weighted by Gasteiger charge is 2.27. The number of nitrogens with one attached hydrogen (secondary N) is 2. The molecule has 1 aliphatic carbocycles. The maximum atomic E-state index is 12.1. The van der Waals surface area contributed by atoms with Crippen LogP contribution in [0.15, 0.2) is 11.4 Å². The van der Waals surface area contributed by atoms with Crippen LogP contribution in [0.25, 0.3) is 0 Å². The fraction of sp³-hybridized carbons (Fsp3) is 0.706. The molecule has 1 heterocycles. The van der Waals surface area contributed by atoms with Crippen molar-refractivity contribution < 1.29 is 9.53 Å². The number of ether oxygens (including phenoxy) is 1. The number of rotatable bonds is 4. The highest BCUT2D eigenvalue weighted by molar-refractivity contribution is 7.10. The van der Waals surface area contributed by atoms with Crippen molar-refractivity contribution in [3.63, 3.8) is 0 Å². The van der Waals surface area contributed by atoms with E-state index in [-0.39, 0.29) is 18.2 Å². The Morgan fingerprint density at radius 2 is 2.00 bits per heavy atom. The van der Waals surface area contributed by atoms with Crippen LogP contribution in [0.5, 0.6) is 0 Å². The number of carbonyl (C=O) groups excluding carboxylic acids is 1. The Hall–Kier alpha value is -1.27. The Morgan fingerprint density at radius 1 is 1.30 bits per heavy atom. The van der Waals surface area contributed by atoms with Crippen LogP contribution >= 0.6 is 11.3 Å². The molecule has 0 radical (unpaired) electrons. The van der Waals surface area contributed by atoms with Crippen LogP contribution in [0.4, 0.5) is 10.5 Å². The lowest BCUT2D eigenvalue weighted by atomic mass is 10.0. The first-order chi connectivity index (χ1) is 10.8. The van der Waals surface area contributed by atoms with E-state index >= 15 is 0 Å². The van der Waals surface area contributed by atoms with Crippen molar-refractivity contribution in [2.75, 3.05) is 5.73 Å². The number of hydrogen-bond acceptors (Lipinski definition) is 5. The van der Waals surface area contributed by atoms with Gasteiger partial charge in [0.2, 0.25) is 0 Å². The van der Waals surface area contributed by atoms with Crippen LogP contribution in [0.2, 0.25) is 0 Å². The average molecular weight is 340 g/mol. The van der Waals surface area contributed by atoms with E-state index in [0.717, 1.165) is 36.4 Å². The van der Waals surface area contributed by atoms with E-state index in [1.807, 2.05) is 32.2 Å². The molecule has 2 atom stereocenters. The SMILES string of the molecule is CC(C)(C)OC(=O)NC1CCCCCC1NCc1sccc1N. The standard InChI is InChI=1S/C17H29N3O2S/c1-17(2,3)22-16(21)20-14-8-6-4-5-7-13(14)19-11-15-12(18)9-10-23-15/h9-10,13-14,19H,4-8,11,18H2,1-3H3,(H,20,21). The molecule has 6 heteroatoms. The first kappa shape index (κ1) is 18.1. The van der Waals surface area contributed by atoms with Crippen molar-refractivity contribution in [2.45, 2.75) is 77.1 Å². The van der Waals surface area contributed by atoms with E-state index in [0.29, 0.717) is 0 Å². The molecular weight excluding hydrogens is 310 g/mol. The van der Waals surface area contributed by atoms with E-state index in [1.165, 1.54) is 12.8 Å². The molecule has 0 aromatic carbocycles. The second kappa shape index (κ2) is 8.02. The predicted octanol–water partition coefficient (Wildman–Crippen LogP) is 3.65. The molecule has 0 bridgehead atoms. The zero-order chi connectivity index (χ0) is 16.9. The summed E-state index contributed by atoms with van der Waals surface area (Å²) in [6, 6.07) is 2.30. The van der Waals surface area contributed by atoms with Gasteiger partial charge in [-0.15, -0.1) is 11.3 Å². The fourth-order valence-electron chi connectivity index (χ4n) is 2.90. The molecule has 1 saturated carbocycles. The highest BCUT2D eigenvalue weighted by atomic mass is 32.1. The van der Waals surface area contributed by atoms with Gasteiger partial charge in [-0.05, 0) is 45.1 Å². The van der Waals surface area contributed by atoms with Crippen LogP contribution in [-0.2, 0) is 11.3 Å². The van der Waals surface area contributed by atoms with Crippen molar-refractivity contribution in [3.8, 4) is 0 Å². The molecule has 4 N–H and O–H groups in total. The van der Waals surface area contributed by atoms with Gasteiger partial charge in [-0.25, -0.2) is 4.79 Å². The van der Waals surface area contributed by atoms with Crippen molar-refractivity contribution in [1.29, 1.82) is 0 Å². The number of amides is 1. The van der Waals surface area contributed by atoms with E-state index in [4.69, 9.17) is 10.5 Å². The molecule has 1 amide bonds. The molecule has 1 aromatic heterocycles. The van der Waals surface area contributed by atoms with Crippen LogP contribution in [0.3, 0.4) is 0 Å². The lowest BCUT2D eigenvalue weighted by Gasteiger charge is -2.29. The second-order valence-corrected chi connectivity index (χ2v) is 8.18. The molecule has 2 rings (SSSR count). The van der Waals surface area contributed by atoms with E-state index in [2.05, 4.69) is 10.6 Å². The summed E-state index contributed by atoms with van der Waals surface area (Å²) in [5, 5.41) is 8.65. The maximum Gasteiger partial charge on any atom is 0.407 e. The topological polar surface area (TPSA) is 76.4 Å². The number of nitrogen functional groups attached to an aromatic ring is 1. The molecule has 23 heavy (non-hydrogen) atoms. The number of alkyl carbamates (subject to hydrolysis) is 1. The first-order valence-electron chi connectivity index (χ1n) is 8.40. The van der Waals surface area contributed by atoms with Crippen LogP contribution < -0.4 is 16.4 Å². The average Bonchev–Trinajstić information content (AvgIpc) is 2.71. The summed E-state index contributed by atoms with van der Waals surface area (Å²) in [5.74, 6) is 0. The summed E-state index contributed by atoms with van der Waals surface area (Å²) < 4.78 is 5.40. The third-order valence-electron chi connectivity index (χ3n) is 4.02. The summed E-state index contributed by atoms with van der Waals surface area (Å²) in [7, 11) is 0. The van der Waals surface area contributed by atoms with Crippen molar-refractivity contribution >= 4 is 23.1 Å². The quantitative estimate of drug-likeness (QED) is 0.732. The third kappa shape index (κ3) is 6.03. The maximum absolute atomic E-state index is 12.1. The smallest absolute Gasteiger partial charge is 0.407 e. The summed E-state index contributed by atoms with van der Waals surface area (Å²) in [6.45, 7) is 6.40. The first-order valence-corrected chi connectivity index (χ1v) is 9.28. The van der Waals surface area contributed by atoms with Gasteiger partial charge in [0.15, 0.2) is 0 Å². The molecule has 0 saturated heterocycles. The Balaban J connectivity index is 1.93. The minimum absolute atomic E-state index is 0.105. The van der Waals surface area contributed by atoms with Gasteiger partial charge in [-0.2, -0.15) is 0 Å². The summed E-state index contributed by atoms with van der Waals surface area (Å²) in [5.41, 5.74) is 6.32. The minimum atomic E-state index is -0.469.